The molecule has 1 fully saturated rings. The predicted molar refractivity (Wildman–Crippen MR) is 128 cm³/mol. The molecule has 0 aromatic heterocycles. The third-order valence-corrected chi connectivity index (χ3v) is 7.79. The van der Waals surface area contributed by atoms with E-state index >= 15 is 0 Å². The lowest BCUT2D eigenvalue weighted by atomic mass is 10.0. The number of hydrogen-bond acceptors (Lipinski definition) is 6. The highest BCUT2D eigenvalue weighted by Crippen LogP contribution is 2.28. The fraction of sp³-hybridized carbons (Fsp3) is 0.417. The summed E-state index contributed by atoms with van der Waals surface area (Å²) in [4.78, 5) is 27.0. The van der Waals surface area contributed by atoms with Gasteiger partial charge in [-0.05, 0) is 55.5 Å². The van der Waals surface area contributed by atoms with Gasteiger partial charge in [-0.25, -0.2) is 13.1 Å². The zero-order valence-corrected chi connectivity index (χ0v) is 20.0. The van der Waals surface area contributed by atoms with Gasteiger partial charge in [0.25, 0.3) is 11.8 Å². The molecule has 0 unspecified atom stereocenters. The van der Waals surface area contributed by atoms with Crippen LogP contribution in [-0.4, -0.2) is 46.5 Å². The average molecular weight is 487 g/mol. The number of hydrazine groups is 1. The van der Waals surface area contributed by atoms with Gasteiger partial charge in [0.1, 0.15) is 10.6 Å². The number of rotatable bonds is 7. The van der Waals surface area contributed by atoms with Crippen LogP contribution < -0.4 is 25.2 Å². The number of sulfonamides is 1. The van der Waals surface area contributed by atoms with Crippen molar-refractivity contribution in [1.29, 1.82) is 0 Å². The third kappa shape index (κ3) is 5.51. The number of anilines is 1. The Hall–Kier alpha value is -3.11. The van der Waals surface area contributed by atoms with Crippen LogP contribution in [0.4, 0.5) is 5.69 Å². The van der Waals surface area contributed by atoms with Crippen LogP contribution in [-0.2, 0) is 21.2 Å². The van der Waals surface area contributed by atoms with Gasteiger partial charge in [-0.3, -0.25) is 20.4 Å². The summed E-state index contributed by atoms with van der Waals surface area (Å²) in [6.07, 6.45) is 5.47. The molecule has 1 aliphatic carbocycles. The Morgan fingerprint density at radius 3 is 2.59 bits per heavy atom. The second-order valence-electron chi connectivity index (χ2n) is 8.62. The second-order valence-corrected chi connectivity index (χ2v) is 10.3. The minimum absolute atomic E-state index is 0.0937. The van der Waals surface area contributed by atoms with E-state index in [9.17, 15) is 18.0 Å². The predicted octanol–water partition coefficient (Wildman–Crippen LogP) is 2.13. The SMILES string of the molecule is COc1ccc(C(=O)NNC(=O)CN2CCCc3ccccc32)cc1S(=O)(=O)NC1CCCC1. The van der Waals surface area contributed by atoms with Gasteiger partial charge in [0.05, 0.1) is 13.7 Å². The summed E-state index contributed by atoms with van der Waals surface area (Å²) in [6, 6.07) is 12.0. The summed E-state index contributed by atoms with van der Waals surface area (Å²) in [6.45, 7) is 0.858. The lowest BCUT2D eigenvalue weighted by Crippen LogP contribution is -2.47. The molecule has 3 N–H and O–H groups in total. The maximum atomic E-state index is 12.9. The van der Waals surface area contributed by atoms with Crippen molar-refractivity contribution in [2.75, 3.05) is 25.1 Å². The topological polar surface area (TPSA) is 117 Å². The molecule has 34 heavy (non-hydrogen) atoms. The van der Waals surface area contributed by atoms with Crippen LogP contribution in [0.15, 0.2) is 47.4 Å². The van der Waals surface area contributed by atoms with Crippen LogP contribution in [0, 0.1) is 0 Å². The smallest absolute Gasteiger partial charge is 0.269 e. The number of carbonyl (C=O) groups excluding carboxylic acids is 2. The fourth-order valence-electron chi connectivity index (χ4n) is 4.54. The molecule has 182 valence electrons. The first-order valence-electron chi connectivity index (χ1n) is 11.5. The highest BCUT2D eigenvalue weighted by Gasteiger charge is 2.27. The zero-order valence-electron chi connectivity index (χ0n) is 19.2. The van der Waals surface area contributed by atoms with E-state index in [1.54, 1.807) is 0 Å². The molecule has 0 spiro atoms. The number of ether oxygens (including phenoxy) is 1. The Labute approximate surface area is 199 Å². The van der Waals surface area contributed by atoms with E-state index in [1.165, 1.54) is 30.9 Å². The minimum atomic E-state index is -3.87. The van der Waals surface area contributed by atoms with Crippen LogP contribution in [0.1, 0.15) is 48.0 Å². The number of para-hydroxylation sites is 1. The molecule has 1 aliphatic heterocycles. The van der Waals surface area contributed by atoms with Gasteiger partial charge in [0.2, 0.25) is 10.0 Å². The van der Waals surface area contributed by atoms with E-state index in [1.807, 2.05) is 23.1 Å². The first-order chi connectivity index (χ1) is 16.4. The normalized spacial score (nSPS) is 16.1. The molecule has 0 radical (unpaired) electrons. The summed E-state index contributed by atoms with van der Waals surface area (Å²) >= 11 is 0. The van der Waals surface area contributed by atoms with Gasteiger partial charge in [0.15, 0.2) is 0 Å². The molecule has 1 heterocycles. The molecular formula is C24H30N4O5S. The maximum absolute atomic E-state index is 12.9. The van der Waals surface area contributed by atoms with Crippen LogP contribution in [0.2, 0.25) is 0 Å². The second kappa shape index (κ2) is 10.4. The molecule has 2 amide bonds. The zero-order chi connectivity index (χ0) is 24.1. The Morgan fingerprint density at radius 2 is 1.82 bits per heavy atom. The largest absolute Gasteiger partial charge is 0.495 e. The van der Waals surface area contributed by atoms with E-state index in [4.69, 9.17) is 4.74 Å². The van der Waals surface area contributed by atoms with E-state index in [0.717, 1.165) is 50.8 Å². The van der Waals surface area contributed by atoms with Crippen molar-refractivity contribution in [3.8, 4) is 5.75 Å². The number of hydrogen-bond donors (Lipinski definition) is 3. The van der Waals surface area contributed by atoms with Crippen LogP contribution in [0.5, 0.6) is 5.75 Å². The number of nitrogens with zero attached hydrogens (tertiary/aromatic N) is 1. The fourth-order valence-corrected chi connectivity index (χ4v) is 6.04. The van der Waals surface area contributed by atoms with Crippen molar-refractivity contribution in [2.24, 2.45) is 0 Å². The molecule has 1 saturated carbocycles. The van der Waals surface area contributed by atoms with Crippen molar-refractivity contribution < 1.29 is 22.7 Å². The van der Waals surface area contributed by atoms with Crippen molar-refractivity contribution in [2.45, 2.75) is 49.5 Å². The van der Waals surface area contributed by atoms with Gasteiger partial charge in [-0.2, -0.15) is 0 Å². The Kier molecular flexibility index (Phi) is 7.38. The monoisotopic (exact) mass is 486 g/mol. The number of fused-ring (bicyclic) bond motifs is 1. The standard InChI is InChI=1S/C24H30N4O5S/c1-33-21-13-12-18(15-22(21)34(31,32)27-19-9-3-4-10-19)24(30)26-25-23(29)16-28-14-6-8-17-7-2-5-11-20(17)28/h2,5,7,11-13,15,19,27H,3-4,6,8-10,14,16H2,1H3,(H,25,29)(H,26,30). The van der Waals surface area contributed by atoms with Crippen molar-refractivity contribution >= 4 is 27.5 Å². The summed E-state index contributed by atoms with van der Waals surface area (Å²) in [5, 5.41) is 0. The number of nitrogens with one attached hydrogen (secondary N) is 3. The molecule has 9 nitrogen and oxygen atoms in total. The van der Waals surface area contributed by atoms with Gasteiger partial charge >= 0.3 is 0 Å². The maximum Gasteiger partial charge on any atom is 0.269 e. The average Bonchev–Trinajstić information content (AvgIpc) is 3.34. The van der Waals surface area contributed by atoms with E-state index in [0.29, 0.717) is 0 Å². The summed E-state index contributed by atoms with van der Waals surface area (Å²) < 4.78 is 33.8. The van der Waals surface area contributed by atoms with Crippen LogP contribution in [0.25, 0.3) is 0 Å². The molecule has 0 atom stereocenters. The number of benzene rings is 2. The van der Waals surface area contributed by atoms with E-state index in [2.05, 4.69) is 21.6 Å². The van der Waals surface area contributed by atoms with Gasteiger partial charge in [-0.15, -0.1) is 0 Å². The molecule has 0 bridgehead atoms. The van der Waals surface area contributed by atoms with Crippen molar-refractivity contribution in [3.05, 3.63) is 53.6 Å². The highest BCUT2D eigenvalue weighted by atomic mass is 32.2. The van der Waals surface area contributed by atoms with Crippen molar-refractivity contribution in [1.82, 2.24) is 15.6 Å². The summed E-state index contributed by atoms with van der Waals surface area (Å²) in [5.74, 6) is -0.837. The molecule has 2 aliphatic rings. The molecule has 2 aromatic carbocycles. The summed E-state index contributed by atoms with van der Waals surface area (Å²) in [5.41, 5.74) is 7.12. The van der Waals surface area contributed by atoms with Gasteiger partial charge in [-0.1, -0.05) is 31.0 Å². The molecule has 10 heteroatoms. The molecular weight excluding hydrogens is 456 g/mol. The van der Waals surface area contributed by atoms with E-state index in [-0.39, 0.29) is 34.7 Å². The minimum Gasteiger partial charge on any atom is -0.495 e. The summed E-state index contributed by atoms with van der Waals surface area (Å²) in [7, 11) is -2.49. The van der Waals surface area contributed by atoms with E-state index < -0.39 is 15.9 Å². The molecule has 2 aromatic rings. The number of aryl methyl sites for hydroxylation is 1. The first kappa shape index (κ1) is 24.0. The Bertz CT molecular complexity index is 1160. The first-order valence-corrected chi connectivity index (χ1v) is 13.0. The third-order valence-electron chi connectivity index (χ3n) is 6.25. The number of amides is 2. The molecule has 4 rings (SSSR count). The Balaban J connectivity index is 1.40. The van der Waals surface area contributed by atoms with Gasteiger partial charge in [0, 0.05) is 23.8 Å². The highest BCUT2D eigenvalue weighted by molar-refractivity contribution is 7.89. The number of carbonyl (C=O) groups is 2. The quantitative estimate of drug-likeness (QED) is 0.516. The Morgan fingerprint density at radius 1 is 1.06 bits per heavy atom. The lowest BCUT2D eigenvalue weighted by Gasteiger charge is -2.30. The number of methoxy groups -OCH3 is 1. The van der Waals surface area contributed by atoms with Crippen LogP contribution >= 0.6 is 0 Å². The lowest BCUT2D eigenvalue weighted by molar-refractivity contribution is -0.120. The van der Waals surface area contributed by atoms with Gasteiger partial charge < -0.3 is 9.64 Å². The molecule has 0 saturated heterocycles. The van der Waals surface area contributed by atoms with Crippen LogP contribution in [0.3, 0.4) is 0 Å². The van der Waals surface area contributed by atoms with Crippen molar-refractivity contribution in [3.63, 3.8) is 0 Å².